The Morgan fingerprint density at radius 2 is 2.05 bits per heavy atom. The minimum atomic E-state index is -0.283. The molecule has 0 aromatic heterocycles. The lowest BCUT2D eigenvalue weighted by Gasteiger charge is -2.22. The zero-order valence-electron chi connectivity index (χ0n) is 12.0. The molecule has 0 aliphatic carbocycles. The third kappa shape index (κ3) is 6.34. The highest BCUT2D eigenvalue weighted by molar-refractivity contribution is 9.10. The van der Waals surface area contributed by atoms with Crippen LogP contribution in [0.15, 0.2) is 22.7 Å². The number of ether oxygens (including phenoxy) is 1. The highest BCUT2D eigenvalue weighted by Gasteiger charge is 2.13. The predicted molar refractivity (Wildman–Crippen MR) is 88.0 cm³/mol. The normalized spacial score (nSPS) is 10.8. The monoisotopic (exact) mass is 358 g/mol. The Kier molecular flexibility index (Phi) is 5.95. The topological polar surface area (TPSA) is 50.4 Å². The van der Waals surface area contributed by atoms with Gasteiger partial charge in [-0.15, -0.1) is 0 Å². The summed E-state index contributed by atoms with van der Waals surface area (Å²) in [5.41, 5.74) is 0.774. The molecule has 4 nitrogen and oxygen atoms in total. The Hall–Kier alpha value is -1.14. The van der Waals surface area contributed by atoms with Crippen molar-refractivity contribution in [2.24, 2.45) is 0 Å². The number of benzene rings is 1. The van der Waals surface area contributed by atoms with Crippen LogP contribution in [0.3, 0.4) is 0 Å². The van der Waals surface area contributed by atoms with Crippen LogP contribution in [0.25, 0.3) is 0 Å². The van der Waals surface area contributed by atoms with Gasteiger partial charge in [0.2, 0.25) is 0 Å². The van der Waals surface area contributed by atoms with E-state index in [0.717, 1.165) is 10.0 Å². The first-order chi connectivity index (χ1) is 9.17. The summed E-state index contributed by atoms with van der Waals surface area (Å²) < 4.78 is 6.44. The summed E-state index contributed by atoms with van der Waals surface area (Å²) in [4.78, 5) is 11.7. The number of carbonyl (C=O) groups excluding carboxylic acids is 1. The lowest BCUT2D eigenvalue weighted by Crippen LogP contribution is -2.49. The van der Waals surface area contributed by atoms with Gasteiger partial charge in [-0.3, -0.25) is 4.79 Å². The molecule has 1 rings (SSSR count). The molecule has 6 heteroatoms. The van der Waals surface area contributed by atoms with Crippen molar-refractivity contribution in [2.45, 2.75) is 33.2 Å². The molecule has 0 bridgehead atoms. The van der Waals surface area contributed by atoms with Gasteiger partial charge in [0.15, 0.2) is 11.7 Å². The Morgan fingerprint density at radius 3 is 2.60 bits per heavy atom. The minimum Gasteiger partial charge on any atom is -0.483 e. The predicted octanol–water partition coefficient (Wildman–Crippen LogP) is 2.93. The maximum atomic E-state index is 11.7. The van der Waals surface area contributed by atoms with Gasteiger partial charge < -0.3 is 15.4 Å². The molecule has 20 heavy (non-hydrogen) atoms. The van der Waals surface area contributed by atoms with Crippen LogP contribution in [0.5, 0.6) is 5.75 Å². The number of nitrogens with one attached hydrogen (secondary N) is 2. The van der Waals surface area contributed by atoms with Gasteiger partial charge in [-0.25, -0.2) is 0 Å². The number of hydrogen-bond donors (Lipinski definition) is 2. The molecule has 110 valence electrons. The summed E-state index contributed by atoms with van der Waals surface area (Å²) >= 11 is 8.42. The van der Waals surface area contributed by atoms with Crippen molar-refractivity contribution in [1.29, 1.82) is 0 Å². The lowest BCUT2D eigenvalue weighted by molar-refractivity contribution is -0.121. The fourth-order valence-corrected chi connectivity index (χ4v) is 2.35. The molecule has 0 aliphatic heterocycles. The summed E-state index contributed by atoms with van der Waals surface area (Å²) in [7, 11) is 0. The van der Waals surface area contributed by atoms with Gasteiger partial charge >= 0.3 is 0 Å². The summed E-state index contributed by atoms with van der Waals surface area (Å²) in [6.07, 6.45) is 0. The molecule has 1 aromatic rings. The number of aryl methyl sites for hydroxylation is 1. The number of rotatable bonds is 3. The van der Waals surface area contributed by atoms with Crippen LogP contribution in [0.1, 0.15) is 26.3 Å². The molecule has 0 atom stereocenters. The molecule has 1 aromatic carbocycles. The van der Waals surface area contributed by atoms with Crippen molar-refractivity contribution in [2.75, 3.05) is 6.61 Å². The molecular formula is C14H19BrN2O2S. The molecular weight excluding hydrogens is 340 g/mol. The van der Waals surface area contributed by atoms with E-state index in [9.17, 15) is 4.79 Å². The standard InChI is InChI=1S/C14H19BrN2O2S/c1-9-7-10(15)5-6-11(9)19-8-12(18)16-13(20)17-14(2,3)4/h5-7H,8H2,1-4H3,(H2,16,17,18,20). The highest BCUT2D eigenvalue weighted by atomic mass is 79.9. The summed E-state index contributed by atoms with van der Waals surface area (Å²) in [5.74, 6) is 0.395. The van der Waals surface area contributed by atoms with Gasteiger partial charge in [-0.1, -0.05) is 15.9 Å². The van der Waals surface area contributed by atoms with Crippen LogP contribution in [0.4, 0.5) is 0 Å². The number of amides is 1. The molecule has 0 radical (unpaired) electrons. The Labute approximate surface area is 133 Å². The van der Waals surface area contributed by atoms with E-state index in [1.54, 1.807) is 0 Å². The van der Waals surface area contributed by atoms with Crippen LogP contribution in [-0.4, -0.2) is 23.2 Å². The third-order valence-electron chi connectivity index (χ3n) is 2.24. The quantitative estimate of drug-likeness (QED) is 0.815. The van der Waals surface area contributed by atoms with Crippen molar-refractivity contribution in [1.82, 2.24) is 10.6 Å². The fraction of sp³-hybridized carbons (Fsp3) is 0.429. The first-order valence-corrected chi connectivity index (χ1v) is 7.38. The molecule has 2 N–H and O–H groups in total. The third-order valence-corrected chi connectivity index (χ3v) is 2.93. The van der Waals surface area contributed by atoms with Gasteiger partial charge in [0.25, 0.3) is 5.91 Å². The van der Waals surface area contributed by atoms with Gasteiger partial charge in [0.05, 0.1) is 0 Å². The van der Waals surface area contributed by atoms with Gasteiger partial charge in [-0.05, 0) is 63.7 Å². The summed E-state index contributed by atoms with van der Waals surface area (Å²) in [6.45, 7) is 7.74. The fourth-order valence-electron chi connectivity index (χ4n) is 1.45. The molecule has 0 aliphatic rings. The largest absolute Gasteiger partial charge is 0.483 e. The molecule has 1 amide bonds. The van der Waals surface area contributed by atoms with Crippen LogP contribution in [0, 0.1) is 6.92 Å². The zero-order chi connectivity index (χ0) is 15.3. The first kappa shape index (κ1) is 16.9. The van der Waals surface area contributed by atoms with Gasteiger partial charge in [0.1, 0.15) is 5.75 Å². The second kappa shape index (κ2) is 7.04. The maximum absolute atomic E-state index is 11.7. The molecule has 0 heterocycles. The van der Waals surface area contributed by atoms with Crippen LogP contribution in [-0.2, 0) is 4.79 Å². The number of hydrogen-bond acceptors (Lipinski definition) is 3. The average molecular weight is 359 g/mol. The molecule has 0 unspecified atom stereocenters. The first-order valence-electron chi connectivity index (χ1n) is 6.18. The van der Waals surface area contributed by atoms with Crippen molar-refractivity contribution in [3.8, 4) is 5.75 Å². The minimum absolute atomic E-state index is 0.0750. The second-order valence-corrected chi connectivity index (χ2v) is 6.77. The van der Waals surface area contributed by atoms with E-state index < -0.39 is 0 Å². The Balaban J connectivity index is 2.46. The molecule has 0 saturated carbocycles. The van der Waals surface area contributed by atoms with E-state index in [1.165, 1.54) is 0 Å². The van der Waals surface area contributed by atoms with E-state index in [2.05, 4.69) is 26.6 Å². The summed E-state index contributed by atoms with van der Waals surface area (Å²) in [6, 6.07) is 5.61. The number of halogens is 1. The maximum Gasteiger partial charge on any atom is 0.264 e. The highest BCUT2D eigenvalue weighted by Crippen LogP contribution is 2.21. The van der Waals surface area contributed by atoms with Crippen LogP contribution >= 0.6 is 28.1 Å². The average Bonchev–Trinajstić information content (AvgIpc) is 2.24. The zero-order valence-corrected chi connectivity index (χ0v) is 14.4. The molecule has 0 saturated heterocycles. The summed E-state index contributed by atoms with van der Waals surface area (Å²) in [5, 5.41) is 5.89. The Bertz CT molecular complexity index is 512. The Morgan fingerprint density at radius 1 is 1.40 bits per heavy atom. The van der Waals surface area contributed by atoms with E-state index in [-0.39, 0.29) is 18.1 Å². The van der Waals surface area contributed by atoms with E-state index in [4.69, 9.17) is 17.0 Å². The SMILES string of the molecule is Cc1cc(Br)ccc1OCC(=O)NC(=S)NC(C)(C)C. The number of carbonyl (C=O) groups is 1. The van der Waals surface area contributed by atoms with Crippen molar-refractivity contribution < 1.29 is 9.53 Å². The molecule has 0 fully saturated rings. The van der Waals surface area contributed by atoms with E-state index in [0.29, 0.717) is 10.9 Å². The van der Waals surface area contributed by atoms with Crippen molar-refractivity contribution in [3.05, 3.63) is 28.2 Å². The number of thiocarbonyl (C=S) groups is 1. The van der Waals surface area contributed by atoms with Crippen molar-refractivity contribution >= 4 is 39.2 Å². The van der Waals surface area contributed by atoms with E-state index in [1.807, 2.05) is 45.9 Å². The van der Waals surface area contributed by atoms with Gasteiger partial charge in [0, 0.05) is 10.0 Å². The molecule has 0 spiro atoms. The van der Waals surface area contributed by atoms with Crippen LogP contribution < -0.4 is 15.4 Å². The lowest BCUT2D eigenvalue weighted by atomic mass is 10.1. The van der Waals surface area contributed by atoms with Crippen LogP contribution in [0.2, 0.25) is 0 Å². The van der Waals surface area contributed by atoms with Crippen molar-refractivity contribution in [3.63, 3.8) is 0 Å². The van der Waals surface area contributed by atoms with Gasteiger partial charge in [-0.2, -0.15) is 0 Å². The smallest absolute Gasteiger partial charge is 0.264 e. The second-order valence-electron chi connectivity index (χ2n) is 5.45. The van der Waals surface area contributed by atoms with E-state index >= 15 is 0 Å².